The van der Waals surface area contributed by atoms with Gasteiger partial charge in [0.05, 0.1) is 5.69 Å². The molecule has 1 saturated carbocycles. The average Bonchev–Trinajstić information content (AvgIpc) is 3.71. The van der Waals surface area contributed by atoms with E-state index in [1.807, 2.05) is 0 Å². The van der Waals surface area contributed by atoms with E-state index in [9.17, 15) is 18.8 Å². The van der Waals surface area contributed by atoms with Crippen LogP contribution in [-0.4, -0.2) is 38.9 Å². The van der Waals surface area contributed by atoms with Crippen molar-refractivity contribution < 1.29 is 18.7 Å². The number of hydrogen-bond acceptors (Lipinski definition) is 6. The summed E-state index contributed by atoms with van der Waals surface area (Å²) < 4.78 is 22.0. The number of fused-ring (bicyclic) bond motifs is 1. The predicted molar refractivity (Wildman–Crippen MR) is 130 cm³/mol. The molecule has 2 atom stereocenters. The molecule has 9 nitrogen and oxygen atoms in total. The van der Waals surface area contributed by atoms with Crippen molar-refractivity contribution in [2.45, 2.75) is 51.6 Å². The number of aryl methyl sites for hydroxylation is 1. The van der Waals surface area contributed by atoms with Crippen LogP contribution in [0.1, 0.15) is 48.6 Å². The second-order valence-corrected chi connectivity index (χ2v) is 9.73. The molecule has 3 heterocycles. The summed E-state index contributed by atoms with van der Waals surface area (Å²) in [5, 5.41) is 0.237. The van der Waals surface area contributed by atoms with Crippen LogP contribution >= 0.6 is 11.6 Å². The minimum atomic E-state index is -0.814. The standard InChI is InChI=1S/C25H25ClFN5O4/c1-12-13(2)28-22-21(17-6-5-16(26)10-18(17)27)29-19(11-32(22)25(12)35)15-7-8-36-20(9-15)24(34)31-30-23(33)14-3-4-14/h5-6,10-11,14-15,20H,3-4,7-9H2,1-2H3,(H,30,33)(H,31,34). The van der Waals surface area contributed by atoms with Gasteiger partial charge >= 0.3 is 0 Å². The van der Waals surface area contributed by atoms with Gasteiger partial charge in [0.1, 0.15) is 17.6 Å². The van der Waals surface area contributed by atoms with Gasteiger partial charge in [0, 0.05) is 46.5 Å². The van der Waals surface area contributed by atoms with Crippen molar-refractivity contribution in [2.75, 3.05) is 6.61 Å². The van der Waals surface area contributed by atoms with E-state index >= 15 is 0 Å². The lowest BCUT2D eigenvalue weighted by atomic mass is 9.92. The summed E-state index contributed by atoms with van der Waals surface area (Å²) in [6, 6.07) is 4.24. The van der Waals surface area contributed by atoms with Crippen molar-refractivity contribution >= 4 is 29.1 Å². The second kappa shape index (κ2) is 9.59. The van der Waals surface area contributed by atoms with Crippen molar-refractivity contribution in [2.24, 2.45) is 5.92 Å². The topological polar surface area (TPSA) is 115 Å². The maximum absolute atomic E-state index is 15.0. The van der Waals surface area contributed by atoms with E-state index in [-0.39, 0.29) is 58.3 Å². The van der Waals surface area contributed by atoms with Crippen LogP contribution in [0, 0.1) is 25.6 Å². The smallest absolute Gasteiger partial charge is 0.267 e. The van der Waals surface area contributed by atoms with Crippen LogP contribution in [0.25, 0.3) is 16.9 Å². The number of amides is 2. The SMILES string of the molecule is Cc1nc2c(-c3ccc(Cl)cc3F)nc(C3CCOC(C(=O)NNC(=O)C4CC4)C3)cn2c(=O)c1C. The van der Waals surface area contributed by atoms with Crippen molar-refractivity contribution in [1.82, 2.24) is 25.2 Å². The Morgan fingerprint density at radius 2 is 1.89 bits per heavy atom. The summed E-state index contributed by atoms with van der Waals surface area (Å²) in [5.74, 6) is -1.54. The van der Waals surface area contributed by atoms with Crippen LogP contribution in [0.3, 0.4) is 0 Å². The number of rotatable bonds is 4. The maximum atomic E-state index is 15.0. The van der Waals surface area contributed by atoms with E-state index < -0.39 is 17.8 Å². The molecule has 36 heavy (non-hydrogen) atoms. The number of hydrogen-bond donors (Lipinski definition) is 2. The molecule has 1 saturated heterocycles. The highest BCUT2D eigenvalue weighted by molar-refractivity contribution is 6.30. The lowest BCUT2D eigenvalue weighted by Gasteiger charge is -2.29. The van der Waals surface area contributed by atoms with Crippen molar-refractivity contribution in [3.63, 3.8) is 0 Å². The maximum Gasteiger partial charge on any atom is 0.267 e. The molecule has 188 valence electrons. The first-order valence-corrected chi connectivity index (χ1v) is 12.2. The van der Waals surface area contributed by atoms with E-state index in [1.54, 1.807) is 26.1 Å². The van der Waals surface area contributed by atoms with Crippen molar-refractivity contribution in [1.29, 1.82) is 0 Å². The Labute approximate surface area is 211 Å². The van der Waals surface area contributed by atoms with Gasteiger partial charge in [-0.15, -0.1) is 0 Å². The second-order valence-electron chi connectivity index (χ2n) is 9.29. The molecule has 11 heteroatoms. The number of nitrogens with zero attached hydrogens (tertiary/aromatic N) is 3. The van der Waals surface area contributed by atoms with Crippen LogP contribution in [0.4, 0.5) is 4.39 Å². The van der Waals surface area contributed by atoms with Gasteiger partial charge in [0.2, 0.25) is 5.91 Å². The Morgan fingerprint density at radius 1 is 1.14 bits per heavy atom. The van der Waals surface area contributed by atoms with Crippen LogP contribution in [0.5, 0.6) is 0 Å². The molecule has 0 spiro atoms. The molecule has 1 aliphatic carbocycles. The van der Waals surface area contributed by atoms with E-state index in [0.29, 0.717) is 23.4 Å². The Bertz CT molecular complexity index is 1440. The molecule has 2 aliphatic rings. The van der Waals surface area contributed by atoms with Crippen molar-refractivity contribution in [3.05, 3.63) is 62.5 Å². The van der Waals surface area contributed by atoms with E-state index in [1.165, 1.54) is 16.5 Å². The van der Waals surface area contributed by atoms with E-state index in [4.69, 9.17) is 21.3 Å². The number of halogens is 2. The molecule has 2 unspecified atom stereocenters. The summed E-state index contributed by atoms with van der Waals surface area (Å²) in [6.07, 6.45) is 3.26. The molecule has 0 bridgehead atoms. The number of benzene rings is 1. The van der Waals surface area contributed by atoms with E-state index in [2.05, 4.69) is 15.8 Å². The summed E-state index contributed by atoms with van der Waals surface area (Å²) in [7, 11) is 0. The van der Waals surface area contributed by atoms with Gasteiger partial charge < -0.3 is 4.74 Å². The highest BCUT2D eigenvalue weighted by Gasteiger charge is 2.33. The fourth-order valence-corrected chi connectivity index (χ4v) is 4.47. The summed E-state index contributed by atoms with van der Waals surface area (Å²) in [4.78, 5) is 46.9. The van der Waals surface area contributed by atoms with E-state index in [0.717, 1.165) is 12.8 Å². The highest BCUT2D eigenvalue weighted by Crippen LogP contribution is 2.33. The zero-order chi connectivity index (χ0) is 25.6. The molecule has 1 aliphatic heterocycles. The normalized spacial score (nSPS) is 19.8. The number of ether oxygens (including phenoxy) is 1. The lowest BCUT2D eigenvalue weighted by Crippen LogP contribution is -2.49. The molecule has 2 amide bonds. The first-order chi connectivity index (χ1) is 17.2. The predicted octanol–water partition coefficient (Wildman–Crippen LogP) is 2.99. The number of carbonyl (C=O) groups is 2. The van der Waals surface area contributed by atoms with Gasteiger partial charge in [-0.1, -0.05) is 11.6 Å². The minimum Gasteiger partial charge on any atom is -0.368 e. The van der Waals surface area contributed by atoms with Crippen LogP contribution in [0.15, 0.2) is 29.2 Å². The largest absolute Gasteiger partial charge is 0.368 e. The van der Waals surface area contributed by atoms with Gasteiger partial charge in [0.25, 0.3) is 11.5 Å². The van der Waals surface area contributed by atoms with Gasteiger partial charge in [-0.3, -0.25) is 29.6 Å². The Balaban J connectivity index is 1.51. The van der Waals surface area contributed by atoms with Crippen LogP contribution in [0.2, 0.25) is 5.02 Å². The molecule has 0 radical (unpaired) electrons. The third-order valence-electron chi connectivity index (χ3n) is 6.74. The first-order valence-electron chi connectivity index (χ1n) is 11.8. The Morgan fingerprint density at radius 3 is 2.61 bits per heavy atom. The monoisotopic (exact) mass is 513 g/mol. The summed E-state index contributed by atoms with van der Waals surface area (Å²) in [5.41, 5.74) is 6.73. The van der Waals surface area contributed by atoms with Crippen molar-refractivity contribution in [3.8, 4) is 11.3 Å². The zero-order valence-electron chi connectivity index (χ0n) is 19.8. The Hall–Kier alpha value is -3.37. The molecule has 2 fully saturated rings. The van der Waals surface area contributed by atoms with Gasteiger partial charge in [-0.05, 0) is 57.7 Å². The zero-order valence-corrected chi connectivity index (χ0v) is 20.6. The van der Waals surface area contributed by atoms with Crippen LogP contribution in [-0.2, 0) is 14.3 Å². The van der Waals surface area contributed by atoms with Gasteiger partial charge in [-0.2, -0.15) is 0 Å². The fraction of sp³-hybridized carbons (Fsp3) is 0.400. The lowest BCUT2D eigenvalue weighted by molar-refractivity contribution is -0.140. The number of carbonyl (C=O) groups excluding carboxylic acids is 2. The average molecular weight is 514 g/mol. The molecular weight excluding hydrogens is 489 g/mol. The molecule has 2 aromatic heterocycles. The molecular formula is C25H25ClFN5O4. The summed E-state index contributed by atoms with van der Waals surface area (Å²) in [6.45, 7) is 3.69. The highest BCUT2D eigenvalue weighted by atomic mass is 35.5. The number of aromatic nitrogens is 3. The minimum absolute atomic E-state index is 0.0437. The van der Waals surface area contributed by atoms with Gasteiger partial charge in [-0.25, -0.2) is 14.4 Å². The Kier molecular flexibility index (Phi) is 6.48. The first kappa shape index (κ1) is 24.3. The molecule has 3 aromatic rings. The fourth-order valence-electron chi connectivity index (χ4n) is 4.31. The van der Waals surface area contributed by atoms with Gasteiger partial charge in [0.15, 0.2) is 5.65 Å². The summed E-state index contributed by atoms with van der Waals surface area (Å²) >= 11 is 5.95. The molecule has 1 aromatic carbocycles. The number of hydrazine groups is 1. The number of nitrogens with one attached hydrogen (secondary N) is 2. The third-order valence-corrected chi connectivity index (χ3v) is 6.97. The molecule has 2 N–H and O–H groups in total. The molecule has 5 rings (SSSR count). The quantitative estimate of drug-likeness (QED) is 0.518. The van der Waals surface area contributed by atoms with Crippen LogP contribution < -0.4 is 16.4 Å². The third kappa shape index (κ3) is 4.70.